The van der Waals surface area contributed by atoms with Crippen molar-refractivity contribution in [3.05, 3.63) is 17.6 Å². The first-order valence-corrected chi connectivity index (χ1v) is 5.73. The van der Waals surface area contributed by atoms with Gasteiger partial charge in [-0.15, -0.1) is 0 Å². The molecule has 1 aliphatic rings. The van der Waals surface area contributed by atoms with E-state index in [0.717, 1.165) is 18.5 Å². The molecule has 0 unspecified atom stereocenters. The van der Waals surface area contributed by atoms with Crippen molar-refractivity contribution in [3.63, 3.8) is 0 Å². The first-order chi connectivity index (χ1) is 7.85. The molecule has 1 aliphatic carbocycles. The minimum Gasteiger partial charge on any atom is -0.454 e. The molecule has 0 radical (unpaired) electrons. The summed E-state index contributed by atoms with van der Waals surface area (Å²) in [4.78, 5) is 19.9. The van der Waals surface area contributed by atoms with E-state index in [-0.39, 0.29) is 5.82 Å². The van der Waals surface area contributed by atoms with Crippen molar-refractivity contribution in [2.45, 2.75) is 45.1 Å². The van der Waals surface area contributed by atoms with E-state index in [1.54, 1.807) is 26.8 Å². The largest absolute Gasteiger partial charge is 0.454 e. The smallest absolute Gasteiger partial charge is 0.376 e. The van der Waals surface area contributed by atoms with Crippen molar-refractivity contribution in [1.82, 2.24) is 9.97 Å². The molecule has 0 saturated heterocycles. The van der Waals surface area contributed by atoms with Crippen LogP contribution >= 0.6 is 0 Å². The van der Waals surface area contributed by atoms with Crippen molar-refractivity contribution in [2.24, 2.45) is 0 Å². The zero-order valence-electron chi connectivity index (χ0n) is 10.4. The van der Waals surface area contributed by atoms with Crippen molar-refractivity contribution in [3.8, 4) is 0 Å². The lowest BCUT2D eigenvalue weighted by Gasteiger charge is -2.18. The summed E-state index contributed by atoms with van der Waals surface area (Å²) in [6.07, 6.45) is 2.20. The monoisotopic (exact) mass is 235 g/mol. The van der Waals surface area contributed by atoms with Crippen LogP contribution in [0.25, 0.3) is 0 Å². The lowest BCUT2D eigenvalue weighted by molar-refractivity contribution is 0.00554. The number of esters is 1. The molecule has 5 nitrogen and oxygen atoms in total. The number of nitrogen functional groups attached to an aromatic ring is 1. The van der Waals surface area contributed by atoms with Gasteiger partial charge < -0.3 is 10.5 Å². The summed E-state index contributed by atoms with van der Waals surface area (Å²) >= 11 is 0. The minimum absolute atomic E-state index is 0.0572. The SMILES string of the molecule is CC(C)(C)OC(=O)c1nc(N)cc(C2CC2)n1. The number of aromatic nitrogens is 2. The molecule has 17 heavy (non-hydrogen) atoms. The Kier molecular flexibility index (Phi) is 2.77. The lowest BCUT2D eigenvalue weighted by Crippen LogP contribution is -2.25. The molecule has 1 fully saturated rings. The number of hydrogen-bond donors (Lipinski definition) is 1. The normalized spacial score (nSPS) is 15.7. The molecule has 1 heterocycles. The van der Waals surface area contributed by atoms with Crippen LogP contribution in [0.4, 0.5) is 5.82 Å². The van der Waals surface area contributed by atoms with Gasteiger partial charge in [0, 0.05) is 17.7 Å². The summed E-state index contributed by atoms with van der Waals surface area (Å²) < 4.78 is 5.21. The molecule has 0 spiro atoms. The van der Waals surface area contributed by atoms with Gasteiger partial charge in [0.2, 0.25) is 5.82 Å². The van der Waals surface area contributed by atoms with Gasteiger partial charge in [-0.05, 0) is 33.6 Å². The highest BCUT2D eigenvalue weighted by Crippen LogP contribution is 2.39. The highest BCUT2D eigenvalue weighted by Gasteiger charge is 2.28. The molecule has 2 N–H and O–H groups in total. The van der Waals surface area contributed by atoms with Crippen LogP contribution in [0.2, 0.25) is 0 Å². The summed E-state index contributed by atoms with van der Waals surface area (Å²) in [7, 11) is 0. The molecule has 0 atom stereocenters. The Hall–Kier alpha value is -1.65. The fourth-order valence-electron chi connectivity index (χ4n) is 1.49. The van der Waals surface area contributed by atoms with E-state index in [0.29, 0.717) is 11.7 Å². The van der Waals surface area contributed by atoms with E-state index in [2.05, 4.69) is 9.97 Å². The number of nitrogens with two attached hydrogens (primary N) is 1. The van der Waals surface area contributed by atoms with E-state index in [9.17, 15) is 4.79 Å². The van der Waals surface area contributed by atoms with Crippen molar-refractivity contribution < 1.29 is 9.53 Å². The summed E-state index contributed by atoms with van der Waals surface area (Å²) in [6.45, 7) is 5.41. The maximum Gasteiger partial charge on any atom is 0.376 e. The van der Waals surface area contributed by atoms with Gasteiger partial charge in [-0.2, -0.15) is 0 Å². The topological polar surface area (TPSA) is 78.1 Å². The highest BCUT2D eigenvalue weighted by atomic mass is 16.6. The third kappa shape index (κ3) is 3.15. The first-order valence-electron chi connectivity index (χ1n) is 5.73. The van der Waals surface area contributed by atoms with E-state index < -0.39 is 11.6 Å². The summed E-state index contributed by atoms with van der Waals surface area (Å²) in [5.74, 6) is 0.290. The highest BCUT2D eigenvalue weighted by molar-refractivity contribution is 5.85. The van der Waals surface area contributed by atoms with Gasteiger partial charge in [-0.1, -0.05) is 0 Å². The number of carbonyl (C=O) groups is 1. The maximum absolute atomic E-state index is 11.8. The molecular formula is C12H17N3O2. The predicted molar refractivity (Wildman–Crippen MR) is 63.6 cm³/mol. The summed E-state index contributed by atoms with van der Waals surface area (Å²) in [5, 5.41) is 0. The standard InChI is InChI=1S/C12H17N3O2/c1-12(2,3)17-11(16)10-14-8(7-4-5-7)6-9(13)15-10/h6-7H,4-5H2,1-3H3,(H2,13,14,15). The van der Waals surface area contributed by atoms with Gasteiger partial charge >= 0.3 is 5.97 Å². The number of hydrogen-bond acceptors (Lipinski definition) is 5. The second-order valence-corrected chi connectivity index (χ2v) is 5.32. The van der Waals surface area contributed by atoms with Gasteiger partial charge in [0.25, 0.3) is 0 Å². The van der Waals surface area contributed by atoms with Crippen LogP contribution in [0.1, 0.15) is 55.8 Å². The van der Waals surface area contributed by atoms with Gasteiger partial charge in [0.15, 0.2) is 0 Å². The number of nitrogens with zero attached hydrogens (tertiary/aromatic N) is 2. The Labute approximate surface area is 100 Å². The number of anilines is 1. The molecule has 5 heteroatoms. The summed E-state index contributed by atoms with van der Waals surface area (Å²) in [5.41, 5.74) is 5.96. The lowest BCUT2D eigenvalue weighted by atomic mass is 10.2. The van der Waals surface area contributed by atoms with Gasteiger partial charge in [0.05, 0.1) is 0 Å². The van der Waals surface area contributed by atoms with Crippen molar-refractivity contribution in [1.29, 1.82) is 0 Å². The van der Waals surface area contributed by atoms with Crippen LogP contribution in [-0.2, 0) is 4.74 Å². The second-order valence-electron chi connectivity index (χ2n) is 5.32. The fraction of sp³-hybridized carbons (Fsp3) is 0.583. The third-order valence-corrected chi connectivity index (χ3v) is 2.34. The van der Waals surface area contributed by atoms with Gasteiger partial charge in [-0.3, -0.25) is 0 Å². The maximum atomic E-state index is 11.8. The first kappa shape index (κ1) is 11.8. The van der Waals surface area contributed by atoms with Crippen LogP contribution in [0, 0.1) is 0 Å². The van der Waals surface area contributed by atoms with Crippen LogP contribution in [-0.4, -0.2) is 21.5 Å². The molecule has 1 aromatic heterocycles. The average molecular weight is 235 g/mol. The van der Waals surface area contributed by atoms with Crippen LogP contribution < -0.4 is 5.73 Å². The third-order valence-electron chi connectivity index (χ3n) is 2.34. The molecule has 1 saturated carbocycles. The van der Waals surface area contributed by atoms with E-state index in [4.69, 9.17) is 10.5 Å². The van der Waals surface area contributed by atoms with E-state index >= 15 is 0 Å². The Morgan fingerprint density at radius 3 is 2.59 bits per heavy atom. The fourth-order valence-corrected chi connectivity index (χ4v) is 1.49. The van der Waals surface area contributed by atoms with E-state index in [1.807, 2.05) is 0 Å². The molecule has 92 valence electrons. The number of rotatable bonds is 2. The predicted octanol–water partition coefficient (Wildman–Crippen LogP) is 1.89. The molecule has 1 aromatic rings. The zero-order valence-corrected chi connectivity index (χ0v) is 10.4. The molecule has 0 bridgehead atoms. The van der Waals surface area contributed by atoms with Crippen molar-refractivity contribution in [2.75, 3.05) is 5.73 Å². The van der Waals surface area contributed by atoms with E-state index in [1.165, 1.54) is 0 Å². The quantitative estimate of drug-likeness (QED) is 0.792. The number of ether oxygens (including phenoxy) is 1. The zero-order chi connectivity index (χ0) is 12.6. The number of carbonyl (C=O) groups excluding carboxylic acids is 1. The van der Waals surface area contributed by atoms with Gasteiger partial charge in [0.1, 0.15) is 11.4 Å². The van der Waals surface area contributed by atoms with Crippen molar-refractivity contribution >= 4 is 11.8 Å². The Balaban J connectivity index is 2.22. The Morgan fingerprint density at radius 2 is 2.06 bits per heavy atom. The van der Waals surface area contributed by atoms with Crippen LogP contribution in [0.3, 0.4) is 0 Å². The molecule has 0 amide bonds. The molecule has 0 aromatic carbocycles. The summed E-state index contributed by atoms with van der Waals surface area (Å²) in [6, 6.07) is 1.73. The molecule has 2 rings (SSSR count). The van der Waals surface area contributed by atoms with Gasteiger partial charge in [-0.25, -0.2) is 14.8 Å². The minimum atomic E-state index is -0.551. The Morgan fingerprint density at radius 1 is 1.41 bits per heavy atom. The van der Waals surface area contributed by atoms with Crippen LogP contribution in [0.5, 0.6) is 0 Å². The van der Waals surface area contributed by atoms with Crippen LogP contribution in [0.15, 0.2) is 6.07 Å². The molecule has 0 aliphatic heterocycles. The molecular weight excluding hydrogens is 218 g/mol. The second kappa shape index (κ2) is 3.98. The average Bonchev–Trinajstić information content (AvgIpc) is 2.96. The Bertz CT molecular complexity index is 448.